The summed E-state index contributed by atoms with van der Waals surface area (Å²) in [6, 6.07) is 24.1. The van der Waals surface area contributed by atoms with Gasteiger partial charge in [0.05, 0.1) is 0 Å². The van der Waals surface area contributed by atoms with Crippen LogP contribution in [0, 0.1) is 0 Å². The monoisotopic (exact) mass is 374 g/mol. The number of benzene rings is 3. The summed E-state index contributed by atoms with van der Waals surface area (Å²) in [5.41, 5.74) is 3.09. The minimum atomic E-state index is -0.147. The van der Waals surface area contributed by atoms with Crippen molar-refractivity contribution in [3.63, 3.8) is 0 Å². The van der Waals surface area contributed by atoms with Crippen molar-refractivity contribution in [2.75, 3.05) is 7.05 Å². The molecule has 3 rings (SSSR count). The Hall–Kier alpha value is -3.60. The maximum absolute atomic E-state index is 12.3. The van der Waals surface area contributed by atoms with Crippen LogP contribution >= 0.6 is 0 Å². The largest absolute Gasteiger partial charge is 0.489 e. The lowest BCUT2D eigenvalue weighted by molar-refractivity contribution is 0.0946. The molecule has 28 heavy (non-hydrogen) atoms. The van der Waals surface area contributed by atoms with Crippen LogP contribution in [0.25, 0.3) is 0 Å². The molecule has 0 saturated carbocycles. The highest BCUT2D eigenvalue weighted by molar-refractivity contribution is 5.94. The first-order valence-electron chi connectivity index (χ1n) is 9.02. The Morgan fingerprint density at radius 3 is 1.93 bits per heavy atom. The van der Waals surface area contributed by atoms with Crippen molar-refractivity contribution in [3.05, 3.63) is 101 Å². The average Bonchev–Trinajstić information content (AvgIpc) is 2.77. The molecule has 142 valence electrons. The maximum Gasteiger partial charge on any atom is 0.251 e. The first kappa shape index (κ1) is 19.2. The third-order valence-corrected chi connectivity index (χ3v) is 4.26. The third kappa shape index (κ3) is 5.20. The highest BCUT2D eigenvalue weighted by Crippen LogP contribution is 2.12. The Bertz CT molecular complexity index is 920. The lowest BCUT2D eigenvalue weighted by Gasteiger charge is -2.08. The van der Waals surface area contributed by atoms with E-state index in [9.17, 15) is 9.59 Å². The Labute approximate surface area is 164 Å². The van der Waals surface area contributed by atoms with Crippen molar-refractivity contribution in [2.24, 2.45) is 0 Å². The van der Waals surface area contributed by atoms with Gasteiger partial charge in [-0.2, -0.15) is 0 Å². The van der Waals surface area contributed by atoms with E-state index in [4.69, 9.17) is 4.74 Å². The molecule has 0 fully saturated rings. The summed E-state index contributed by atoms with van der Waals surface area (Å²) >= 11 is 0. The van der Waals surface area contributed by atoms with Gasteiger partial charge in [0, 0.05) is 24.7 Å². The lowest BCUT2D eigenvalue weighted by atomic mass is 10.1. The summed E-state index contributed by atoms with van der Waals surface area (Å²) in [7, 11) is 1.59. The van der Waals surface area contributed by atoms with E-state index in [2.05, 4.69) is 10.6 Å². The maximum atomic E-state index is 12.3. The summed E-state index contributed by atoms with van der Waals surface area (Å²) in [4.78, 5) is 23.9. The molecule has 5 heteroatoms. The van der Waals surface area contributed by atoms with E-state index >= 15 is 0 Å². The Morgan fingerprint density at radius 1 is 0.750 bits per heavy atom. The number of rotatable bonds is 7. The summed E-state index contributed by atoms with van der Waals surface area (Å²) in [6.07, 6.45) is 0. The number of carbonyl (C=O) groups excluding carboxylic acids is 2. The molecular weight excluding hydrogens is 352 g/mol. The number of ether oxygens (including phenoxy) is 1. The molecule has 0 aliphatic heterocycles. The van der Waals surface area contributed by atoms with E-state index in [0.29, 0.717) is 24.3 Å². The number of para-hydroxylation sites is 1. The van der Waals surface area contributed by atoms with Gasteiger partial charge in [0.15, 0.2) is 0 Å². The molecule has 0 atom stereocenters. The van der Waals surface area contributed by atoms with E-state index in [1.165, 1.54) is 0 Å². The van der Waals surface area contributed by atoms with Crippen LogP contribution in [0.1, 0.15) is 31.8 Å². The average molecular weight is 374 g/mol. The molecule has 0 bridgehead atoms. The number of nitrogens with one attached hydrogen (secondary N) is 2. The summed E-state index contributed by atoms with van der Waals surface area (Å²) in [5, 5.41) is 5.46. The van der Waals surface area contributed by atoms with Gasteiger partial charge in [-0.3, -0.25) is 9.59 Å². The second-order valence-corrected chi connectivity index (χ2v) is 6.26. The molecule has 2 N–H and O–H groups in total. The second kappa shape index (κ2) is 9.37. The van der Waals surface area contributed by atoms with Crippen LogP contribution < -0.4 is 15.4 Å². The molecule has 0 saturated heterocycles. The van der Waals surface area contributed by atoms with Crippen LogP contribution in [0.2, 0.25) is 0 Å². The van der Waals surface area contributed by atoms with E-state index in [0.717, 1.165) is 16.9 Å². The first-order valence-corrected chi connectivity index (χ1v) is 9.02. The van der Waals surface area contributed by atoms with E-state index in [-0.39, 0.29) is 11.8 Å². The Morgan fingerprint density at radius 2 is 1.32 bits per heavy atom. The number of hydrogen-bond acceptors (Lipinski definition) is 3. The predicted molar refractivity (Wildman–Crippen MR) is 108 cm³/mol. The molecule has 0 radical (unpaired) electrons. The highest BCUT2D eigenvalue weighted by atomic mass is 16.5. The molecule has 0 aromatic heterocycles. The zero-order valence-corrected chi connectivity index (χ0v) is 15.6. The fourth-order valence-electron chi connectivity index (χ4n) is 2.64. The molecule has 0 spiro atoms. The Balaban J connectivity index is 1.51. The van der Waals surface area contributed by atoms with Crippen molar-refractivity contribution in [3.8, 4) is 5.75 Å². The minimum Gasteiger partial charge on any atom is -0.489 e. The zero-order chi connectivity index (χ0) is 19.8. The molecule has 0 aliphatic carbocycles. The van der Waals surface area contributed by atoms with Crippen LogP contribution in [-0.2, 0) is 13.2 Å². The van der Waals surface area contributed by atoms with Crippen LogP contribution in [0.4, 0.5) is 0 Å². The van der Waals surface area contributed by atoms with Crippen molar-refractivity contribution in [2.45, 2.75) is 13.2 Å². The quantitative estimate of drug-likeness (QED) is 0.665. The van der Waals surface area contributed by atoms with Gasteiger partial charge in [0.2, 0.25) is 0 Å². The summed E-state index contributed by atoms with van der Waals surface area (Å²) < 4.78 is 5.70. The van der Waals surface area contributed by atoms with Gasteiger partial charge in [0.1, 0.15) is 12.4 Å². The van der Waals surface area contributed by atoms with Crippen LogP contribution in [-0.4, -0.2) is 18.9 Å². The van der Waals surface area contributed by atoms with Gasteiger partial charge >= 0.3 is 0 Å². The van der Waals surface area contributed by atoms with Crippen LogP contribution in [0.3, 0.4) is 0 Å². The minimum absolute atomic E-state index is 0.132. The second-order valence-electron chi connectivity index (χ2n) is 6.26. The first-order chi connectivity index (χ1) is 13.7. The lowest BCUT2D eigenvalue weighted by Crippen LogP contribution is -2.23. The molecule has 0 unspecified atom stereocenters. The summed E-state index contributed by atoms with van der Waals surface area (Å²) in [5.74, 6) is 0.532. The SMILES string of the molecule is CNC(=O)c1ccc(CNC(=O)c2ccc(COc3ccccc3)cc2)cc1. The number of amides is 2. The van der Waals surface area contributed by atoms with Gasteiger partial charge in [-0.1, -0.05) is 42.5 Å². The topological polar surface area (TPSA) is 67.4 Å². The molecule has 3 aromatic carbocycles. The number of hydrogen-bond donors (Lipinski definition) is 2. The normalized spacial score (nSPS) is 10.2. The van der Waals surface area contributed by atoms with Crippen molar-refractivity contribution in [1.82, 2.24) is 10.6 Å². The smallest absolute Gasteiger partial charge is 0.251 e. The molecular formula is C23H22N2O3. The standard InChI is InChI=1S/C23H22N2O3/c1-24-22(26)19-11-7-17(8-12-19)15-25-23(27)20-13-9-18(10-14-20)16-28-21-5-3-2-4-6-21/h2-14H,15-16H2,1H3,(H,24,26)(H,25,27). The van der Waals surface area contributed by atoms with Crippen molar-refractivity contribution >= 4 is 11.8 Å². The predicted octanol–water partition coefficient (Wildman–Crippen LogP) is 3.56. The van der Waals surface area contributed by atoms with Gasteiger partial charge in [0.25, 0.3) is 11.8 Å². The van der Waals surface area contributed by atoms with Crippen LogP contribution in [0.15, 0.2) is 78.9 Å². The molecule has 2 amide bonds. The van der Waals surface area contributed by atoms with E-state index < -0.39 is 0 Å². The third-order valence-electron chi connectivity index (χ3n) is 4.26. The highest BCUT2D eigenvalue weighted by Gasteiger charge is 2.07. The fourth-order valence-corrected chi connectivity index (χ4v) is 2.64. The van der Waals surface area contributed by atoms with Crippen LogP contribution in [0.5, 0.6) is 5.75 Å². The summed E-state index contributed by atoms with van der Waals surface area (Å²) in [6.45, 7) is 0.843. The van der Waals surface area contributed by atoms with Gasteiger partial charge < -0.3 is 15.4 Å². The molecule has 0 heterocycles. The van der Waals surface area contributed by atoms with E-state index in [1.807, 2.05) is 54.6 Å². The van der Waals surface area contributed by atoms with Crippen molar-refractivity contribution in [1.29, 1.82) is 0 Å². The fraction of sp³-hybridized carbons (Fsp3) is 0.130. The molecule has 3 aromatic rings. The van der Waals surface area contributed by atoms with Gasteiger partial charge in [-0.05, 0) is 47.5 Å². The Kier molecular flexibility index (Phi) is 6.41. The van der Waals surface area contributed by atoms with Gasteiger partial charge in [-0.25, -0.2) is 0 Å². The van der Waals surface area contributed by atoms with Gasteiger partial charge in [-0.15, -0.1) is 0 Å². The zero-order valence-electron chi connectivity index (χ0n) is 15.6. The van der Waals surface area contributed by atoms with E-state index in [1.54, 1.807) is 31.3 Å². The number of carbonyl (C=O) groups is 2. The van der Waals surface area contributed by atoms with Crippen molar-refractivity contribution < 1.29 is 14.3 Å². The molecule has 5 nitrogen and oxygen atoms in total. The molecule has 0 aliphatic rings.